The zero-order valence-electron chi connectivity index (χ0n) is 10.1. The van der Waals surface area contributed by atoms with Gasteiger partial charge in [-0.05, 0) is 23.8 Å². The number of anilines is 1. The lowest BCUT2D eigenvalue weighted by atomic mass is 10.0. The van der Waals surface area contributed by atoms with Gasteiger partial charge in [-0.2, -0.15) is 8.78 Å². The van der Waals surface area contributed by atoms with E-state index in [2.05, 4.69) is 4.74 Å². The summed E-state index contributed by atoms with van der Waals surface area (Å²) >= 11 is 0. The van der Waals surface area contributed by atoms with E-state index < -0.39 is 6.61 Å². The van der Waals surface area contributed by atoms with E-state index in [9.17, 15) is 8.78 Å². The van der Waals surface area contributed by atoms with Crippen LogP contribution in [0, 0.1) is 0 Å². The van der Waals surface area contributed by atoms with Gasteiger partial charge in [-0.25, -0.2) is 0 Å². The molecule has 0 heterocycles. The summed E-state index contributed by atoms with van der Waals surface area (Å²) in [5, 5.41) is 0. The quantitative estimate of drug-likeness (QED) is 0.865. The Bertz CT molecular complexity index is 520. The smallest absolute Gasteiger partial charge is 0.387 e. The Morgan fingerprint density at radius 3 is 2.37 bits per heavy atom. The van der Waals surface area contributed by atoms with Crippen LogP contribution in [0.2, 0.25) is 0 Å². The summed E-state index contributed by atoms with van der Waals surface area (Å²) in [4.78, 5) is 0. The van der Waals surface area contributed by atoms with E-state index in [0.29, 0.717) is 17.7 Å². The molecule has 5 heteroatoms. The molecule has 2 aromatic carbocycles. The Morgan fingerprint density at radius 1 is 1.05 bits per heavy atom. The van der Waals surface area contributed by atoms with Crippen molar-refractivity contribution in [3.63, 3.8) is 0 Å². The summed E-state index contributed by atoms with van der Waals surface area (Å²) in [5.41, 5.74) is 7.87. The van der Waals surface area contributed by atoms with Gasteiger partial charge < -0.3 is 10.5 Å². The van der Waals surface area contributed by atoms with Gasteiger partial charge in [0.25, 0.3) is 0 Å². The molecule has 0 spiro atoms. The minimum atomic E-state index is -2.83. The van der Waals surface area contributed by atoms with Crippen molar-refractivity contribution in [2.75, 3.05) is 5.73 Å². The summed E-state index contributed by atoms with van der Waals surface area (Å²) in [6.07, 6.45) is 0.508. The van der Waals surface area contributed by atoms with Crippen molar-refractivity contribution >= 4 is 18.1 Å². The van der Waals surface area contributed by atoms with E-state index in [1.807, 2.05) is 30.3 Å². The topological polar surface area (TPSA) is 35.2 Å². The predicted molar refractivity (Wildman–Crippen MR) is 74.0 cm³/mol. The number of benzene rings is 2. The molecular formula is C14H14ClF2NO. The maximum Gasteiger partial charge on any atom is 0.387 e. The van der Waals surface area contributed by atoms with Crippen LogP contribution in [0.4, 0.5) is 14.5 Å². The number of hydrogen-bond acceptors (Lipinski definition) is 2. The number of alkyl halides is 2. The molecule has 0 aliphatic heterocycles. The highest BCUT2D eigenvalue weighted by Crippen LogP contribution is 2.25. The fourth-order valence-corrected chi connectivity index (χ4v) is 1.76. The van der Waals surface area contributed by atoms with Gasteiger partial charge in [0, 0.05) is 17.7 Å². The summed E-state index contributed by atoms with van der Waals surface area (Å²) in [5.74, 6) is 0.169. The number of ether oxygens (including phenoxy) is 1. The number of nitrogens with two attached hydrogens (primary N) is 1. The summed E-state index contributed by atoms with van der Waals surface area (Å²) < 4.78 is 29.1. The number of halogens is 3. The lowest BCUT2D eigenvalue weighted by Gasteiger charge is -2.11. The second kappa shape index (κ2) is 6.95. The third-order valence-corrected chi connectivity index (χ3v) is 2.54. The van der Waals surface area contributed by atoms with Crippen molar-refractivity contribution in [1.29, 1.82) is 0 Å². The summed E-state index contributed by atoms with van der Waals surface area (Å²) in [6.45, 7) is -2.83. The van der Waals surface area contributed by atoms with Crippen molar-refractivity contribution < 1.29 is 13.5 Å². The zero-order valence-corrected chi connectivity index (χ0v) is 10.9. The van der Waals surface area contributed by atoms with Gasteiger partial charge in [0.2, 0.25) is 0 Å². The molecule has 0 atom stereocenters. The van der Waals surface area contributed by atoms with Gasteiger partial charge in [0.05, 0.1) is 0 Å². The maximum atomic E-state index is 12.3. The van der Waals surface area contributed by atoms with Crippen LogP contribution in [0.5, 0.6) is 5.75 Å². The van der Waals surface area contributed by atoms with Gasteiger partial charge in [-0.1, -0.05) is 30.3 Å². The van der Waals surface area contributed by atoms with Crippen molar-refractivity contribution in [3.05, 3.63) is 59.7 Å². The van der Waals surface area contributed by atoms with Crippen LogP contribution in [-0.2, 0) is 6.42 Å². The minimum absolute atomic E-state index is 0. The number of rotatable bonds is 4. The molecule has 2 nitrogen and oxygen atoms in total. The van der Waals surface area contributed by atoms with E-state index in [4.69, 9.17) is 5.73 Å². The highest BCUT2D eigenvalue weighted by atomic mass is 35.5. The zero-order chi connectivity index (χ0) is 13.0. The standard InChI is InChI=1S/C14H13F2NO.ClH/c15-14(16)18-13-7-6-12(17)9-11(13)8-10-4-2-1-3-5-10;/h1-7,9,14H,8,17H2;1H. The average Bonchev–Trinajstić information content (AvgIpc) is 2.33. The molecule has 0 fully saturated rings. The minimum Gasteiger partial charge on any atom is -0.435 e. The largest absolute Gasteiger partial charge is 0.435 e. The SMILES string of the molecule is Cl.Nc1ccc(OC(F)F)c(Cc2ccccc2)c1. The summed E-state index contributed by atoms with van der Waals surface area (Å²) in [6, 6.07) is 14.2. The molecule has 19 heavy (non-hydrogen) atoms. The first kappa shape index (κ1) is 15.2. The molecular weight excluding hydrogens is 272 g/mol. The first-order valence-electron chi connectivity index (χ1n) is 5.52. The van der Waals surface area contributed by atoms with E-state index in [0.717, 1.165) is 5.56 Å². The average molecular weight is 286 g/mol. The van der Waals surface area contributed by atoms with E-state index >= 15 is 0 Å². The monoisotopic (exact) mass is 285 g/mol. The Labute approximate surface area is 116 Å². The molecule has 2 rings (SSSR count). The van der Waals surface area contributed by atoms with Crippen molar-refractivity contribution in [2.24, 2.45) is 0 Å². The fraction of sp³-hybridized carbons (Fsp3) is 0.143. The van der Waals surface area contributed by atoms with Crippen molar-refractivity contribution in [2.45, 2.75) is 13.0 Å². The van der Waals surface area contributed by atoms with Crippen molar-refractivity contribution in [1.82, 2.24) is 0 Å². The molecule has 0 amide bonds. The van der Waals surface area contributed by atoms with Gasteiger partial charge in [0.1, 0.15) is 5.75 Å². The molecule has 0 radical (unpaired) electrons. The molecule has 0 saturated carbocycles. The molecule has 2 aromatic rings. The van der Waals surface area contributed by atoms with E-state index in [-0.39, 0.29) is 18.2 Å². The fourth-order valence-electron chi connectivity index (χ4n) is 1.76. The second-order valence-corrected chi connectivity index (χ2v) is 3.91. The molecule has 0 aliphatic carbocycles. The van der Waals surface area contributed by atoms with Crippen LogP contribution in [0.3, 0.4) is 0 Å². The van der Waals surface area contributed by atoms with E-state index in [1.165, 1.54) is 6.07 Å². The first-order chi connectivity index (χ1) is 8.65. The van der Waals surface area contributed by atoms with Gasteiger partial charge in [-0.15, -0.1) is 12.4 Å². The molecule has 0 aliphatic rings. The van der Waals surface area contributed by atoms with Gasteiger partial charge in [0.15, 0.2) is 0 Å². The molecule has 2 N–H and O–H groups in total. The third-order valence-electron chi connectivity index (χ3n) is 2.54. The Balaban J connectivity index is 0.00000180. The molecule has 0 bridgehead atoms. The van der Waals surface area contributed by atoms with Crippen LogP contribution >= 0.6 is 12.4 Å². The van der Waals surface area contributed by atoms with Crippen molar-refractivity contribution in [3.8, 4) is 5.75 Å². The highest BCUT2D eigenvalue weighted by Gasteiger charge is 2.10. The lowest BCUT2D eigenvalue weighted by molar-refractivity contribution is -0.0503. The van der Waals surface area contributed by atoms with Gasteiger partial charge >= 0.3 is 6.61 Å². The van der Waals surface area contributed by atoms with Crippen LogP contribution < -0.4 is 10.5 Å². The predicted octanol–water partition coefficient (Wildman–Crippen LogP) is 3.88. The van der Waals surface area contributed by atoms with E-state index in [1.54, 1.807) is 12.1 Å². The molecule has 0 aromatic heterocycles. The molecule has 0 saturated heterocycles. The van der Waals surface area contributed by atoms with Crippen LogP contribution in [0.25, 0.3) is 0 Å². The molecule has 102 valence electrons. The summed E-state index contributed by atoms with van der Waals surface area (Å²) in [7, 11) is 0. The van der Waals surface area contributed by atoms with Crippen LogP contribution in [0.1, 0.15) is 11.1 Å². The molecule has 0 unspecified atom stereocenters. The number of nitrogen functional groups attached to an aromatic ring is 1. The maximum absolute atomic E-state index is 12.3. The first-order valence-corrected chi connectivity index (χ1v) is 5.52. The highest BCUT2D eigenvalue weighted by molar-refractivity contribution is 5.85. The van der Waals surface area contributed by atoms with Crippen LogP contribution in [0.15, 0.2) is 48.5 Å². The van der Waals surface area contributed by atoms with Gasteiger partial charge in [-0.3, -0.25) is 0 Å². The Hall–Kier alpha value is -1.81. The normalized spacial score (nSPS) is 10.1. The Morgan fingerprint density at radius 2 is 1.74 bits per heavy atom. The number of hydrogen-bond donors (Lipinski definition) is 1. The lowest BCUT2D eigenvalue weighted by Crippen LogP contribution is -2.05. The Kier molecular flexibility index (Phi) is 5.57. The second-order valence-electron chi connectivity index (χ2n) is 3.91. The van der Waals surface area contributed by atoms with Crippen LogP contribution in [-0.4, -0.2) is 6.61 Å². The third kappa shape index (κ3) is 4.41.